The number of hydrogen-bond acceptors (Lipinski definition) is 6. The van der Waals surface area contributed by atoms with Crippen LogP contribution in [0.15, 0.2) is 35.4 Å². The van der Waals surface area contributed by atoms with Crippen molar-refractivity contribution in [2.45, 2.75) is 70.4 Å². The molecule has 2 heterocycles. The van der Waals surface area contributed by atoms with Gasteiger partial charge in [-0.1, -0.05) is 44.2 Å². The molecule has 0 saturated heterocycles. The summed E-state index contributed by atoms with van der Waals surface area (Å²) in [6.07, 6.45) is 3.59. The zero-order valence-corrected chi connectivity index (χ0v) is 23.2. The van der Waals surface area contributed by atoms with Crippen molar-refractivity contribution in [3.8, 4) is 10.4 Å². The van der Waals surface area contributed by atoms with Crippen LogP contribution in [0, 0.1) is 32.6 Å². The second kappa shape index (κ2) is 12.4. The fourth-order valence-corrected chi connectivity index (χ4v) is 6.87. The third-order valence-corrected chi connectivity index (χ3v) is 9.07. The van der Waals surface area contributed by atoms with E-state index in [2.05, 4.69) is 9.71 Å². The summed E-state index contributed by atoms with van der Waals surface area (Å²) < 4.78 is 73.9. The van der Waals surface area contributed by atoms with Gasteiger partial charge in [0.05, 0.1) is 32.4 Å². The van der Waals surface area contributed by atoms with Crippen LogP contribution in [0.4, 0.5) is 23.2 Å². The SMILES string of the molecule is Cc1cc(F)ncc1NS(=O)(=O)c1cc(-c2sc(CC3CCCCC3)nc2C)ccc1C.O=C(O)C(F)(F)F. The molecule has 0 amide bonds. The fraction of sp³-hybridized carbons (Fsp3) is 0.423. The number of aryl methyl sites for hydroxylation is 3. The number of rotatable bonds is 6. The van der Waals surface area contributed by atoms with Crippen LogP contribution >= 0.6 is 11.3 Å². The Labute approximate surface area is 228 Å². The number of benzene rings is 1. The van der Waals surface area contributed by atoms with Crippen molar-refractivity contribution in [2.75, 3.05) is 4.72 Å². The Hall–Kier alpha value is -3.06. The van der Waals surface area contributed by atoms with Crippen LogP contribution in [0.25, 0.3) is 10.4 Å². The summed E-state index contributed by atoms with van der Waals surface area (Å²) in [6.45, 7) is 5.39. The van der Waals surface area contributed by atoms with Gasteiger partial charge in [-0.05, 0) is 55.5 Å². The second-order valence-corrected chi connectivity index (χ2v) is 12.2. The minimum atomic E-state index is -5.08. The van der Waals surface area contributed by atoms with E-state index in [-0.39, 0.29) is 10.6 Å². The van der Waals surface area contributed by atoms with Crippen LogP contribution in [0.1, 0.15) is 53.9 Å². The summed E-state index contributed by atoms with van der Waals surface area (Å²) in [5, 5.41) is 8.25. The highest BCUT2D eigenvalue weighted by molar-refractivity contribution is 7.92. The first-order chi connectivity index (χ1) is 18.2. The molecule has 4 rings (SSSR count). The number of anilines is 1. The minimum Gasteiger partial charge on any atom is -0.475 e. The number of nitrogens with one attached hydrogen (secondary N) is 1. The molecular weight excluding hydrogens is 558 g/mol. The highest BCUT2D eigenvalue weighted by Crippen LogP contribution is 2.35. The normalized spacial score (nSPS) is 14.4. The molecule has 39 heavy (non-hydrogen) atoms. The van der Waals surface area contributed by atoms with Gasteiger partial charge >= 0.3 is 12.1 Å². The van der Waals surface area contributed by atoms with E-state index in [4.69, 9.17) is 14.9 Å². The van der Waals surface area contributed by atoms with Gasteiger partial charge in [-0.25, -0.2) is 23.2 Å². The van der Waals surface area contributed by atoms with Gasteiger partial charge in [-0.2, -0.15) is 17.6 Å². The molecule has 212 valence electrons. The van der Waals surface area contributed by atoms with E-state index >= 15 is 0 Å². The molecule has 0 radical (unpaired) electrons. The van der Waals surface area contributed by atoms with E-state index in [9.17, 15) is 26.0 Å². The standard InChI is InChI=1S/C24H28FN3O2S2.C2HF3O2/c1-15-9-10-19(24-17(3)27-23(31-24)12-18-7-5-4-6-8-18)13-21(15)32(29,30)28-20-14-26-22(25)11-16(20)2;3-2(4,5)1(6)7/h9-11,13-14,18,28H,4-8,12H2,1-3H3;(H,6,7). The van der Waals surface area contributed by atoms with Gasteiger partial charge in [0.2, 0.25) is 5.95 Å². The number of pyridine rings is 1. The molecule has 2 aromatic heterocycles. The Morgan fingerprint density at radius 3 is 2.33 bits per heavy atom. The lowest BCUT2D eigenvalue weighted by atomic mass is 9.87. The monoisotopic (exact) mass is 587 g/mol. The predicted octanol–water partition coefficient (Wildman–Crippen LogP) is 6.83. The van der Waals surface area contributed by atoms with Gasteiger partial charge in [0, 0.05) is 6.42 Å². The summed E-state index contributed by atoms with van der Waals surface area (Å²) in [4.78, 5) is 18.5. The molecule has 0 atom stereocenters. The van der Waals surface area contributed by atoms with Crippen LogP contribution in [-0.2, 0) is 21.2 Å². The predicted molar refractivity (Wildman–Crippen MR) is 141 cm³/mol. The molecule has 0 unspecified atom stereocenters. The van der Waals surface area contributed by atoms with Crippen LogP contribution in [0.2, 0.25) is 0 Å². The summed E-state index contributed by atoms with van der Waals surface area (Å²) in [6, 6.07) is 6.67. The quantitative estimate of drug-likeness (QED) is 0.242. The van der Waals surface area contributed by atoms with Crippen molar-refractivity contribution in [1.82, 2.24) is 9.97 Å². The van der Waals surface area contributed by atoms with Gasteiger partial charge in [0.15, 0.2) is 0 Å². The number of nitrogens with zero attached hydrogens (tertiary/aromatic N) is 2. The summed E-state index contributed by atoms with van der Waals surface area (Å²) in [5.74, 6) is -2.70. The Kier molecular flexibility index (Phi) is 9.70. The fourth-order valence-electron chi connectivity index (χ4n) is 4.30. The summed E-state index contributed by atoms with van der Waals surface area (Å²) >= 11 is 1.66. The maximum Gasteiger partial charge on any atom is 0.490 e. The number of aromatic nitrogens is 2. The Balaban J connectivity index is 0.000000532. The van der Waals surface area contributed by atoms with Gasteiger partial charge in [-0.15, -0.1) is 11.3 Å². The van der Waals surface area contributed by atoms with Crippen LogP contribution < -0.4 is 4.72 Å². The molecule has 0 spiro atoms. The smallest absolute Gasteiger partial charge is 0.475 e. The molecule has 1 aromatic carbocycles. The average Bonchev–Trinajstić information content (AvgIpc) is 3.21. The molecule has 3 aromatic rings. The largest absolute Gasteiger partial charge is 0.490 e. The number of hydrogen-bond donors (Lipinski definition) is 2. The molecule has 1 aliphatic rings. The number of carboxylic acid groups (broad SMARTS) is 1. The van der Waals surface area contributed by atoms with E-state index in [1.807, 2.05) is 19.1 Å². The Morgan fingerprint density at radius 1 is 1.10 bits per heavy atom. The highest BCUT2D eigenvalue weighted by Gasteiger charge is 2.38. The molecule has 1 fully saturated rings. The van der Waals surface area contributed by atoms with Crippen LogP contribution in [-0.4, -0.2) is 35.6 Å². The van der Waals surface area contributed by atoms with E-state index in [0.29, 0.717) is 17.0 Å². The average molecular weight is 588 g/mol. The Morgan fingerprint density at radius 2 is 1.74 bits per heavy atom. The highest BCUT2D eigenvalue weighted by atomic mass is 32.2. The molecule has 0 bridgehead atoms. The van der Waals surface area contributed by atoms with Crippen molar-refractivity contribution in [3.63, 3.8) is 0 Å². The topological polar surface area (TPSA) is 109 Å². The number of alkyl halides is 3. The number of sulfonamides is 1. The lowest BCUT2D eigenvalue weighted by molar-refractivity contribution is -0.192. The van der Waals surface area contributed by atoms with E-state index in [1.165, 1.54) is 44.4 Å². The molecule has 1 saturated carbocycles. The molecule has 7 nitrogen and oxygen atoms in total. The van der Waals surface area contributed by atoms with Gasteiger partial charge in [-0.3, -0.25) is 4.72 Å². The van der Waals surface area contributed by atoms with Crippen molar-refractivity contribution in [2.24, 2.45) is 5.92 Å². The molecular formula is C26H29F4N3O4S2. The van der Waals surface area contributed by atoms with Gasteiger partial charge in [0.1, 0.15) is 0 Å². The lowest BCUT2D eigenvalue weighted by Crippen LogP contribution is -2.21. The minimum absolute atomic E-state index is 0.195. The first-order valence-electron chi connectivity index (χ1n) is 12.2. The van der Waals surface area contributed by atoms with Crippen molar-refractivity contribution < 1.29 is 35.9 Å². The third kappa shape index (κ3) is 8.21. The Bertz CT molecular complexity index is 1430. The summed E-state index contributed by atoms with van der Waals surface area (Å²) in [5.41, 5.74) is 3.15. The maximum absolute atomic E-state index is 13.3. The molecule has 2 N–H and O–H groups in total. The number of carbonyl (C=O) groups is 1. The first-order valence-corrected chi connectivity index (χ1v) is 14.5. The molecule has 13 heteroatoms. The number of aliphatic carboxylic acids is 1. The van der Waals surface area contributed by atoms with Crippen molar-refractivity contribution in [1.29, 1.82) is 0 Å². The van der Waals surface area contributed by atoms with Crippen LogP contribution in [0.3, 0.4) is 0 Å². The van der Waals surface area contributed by atoms with E-state index in [0.717, 1.165) is 27.6 Å². The molecule has 1 aliphatic carbocycles. The van der Waals surface area contributed by atoms with Crippen LogP contribution in [0.5, 0.6) is 0 Å². The van der Waals surface area contributed by atoms with Gasteiger partial charge in [0.25, 0.3) is 10.0 Å². The number of thiazole rings is 1. The number of carboxylic acids is 1. The van der Waals surface area contributed by atoms with E-state index < -0.39 is 28.1 Å². The maximum atomic E-state index is 13.3. The zero-order chi connectivity index (χ0) is 29.0. The molecule has 0 aliphatic heterocycles. The second-order valence-electron chi connectivity index (χ2n) is 9.44. The first kappa shape index (κ1) is 30.5. The van der Waals surface area contributed by atoms with Crippen molar-refractivity contribution >= 4 is 33.0 Å². The van der Waals surface area contributed by atoms with Crippen molar-refractivity contribution in [3.05, 3.63) is 58.2 Å². The number of halogens is 4. The zero-order valence-electron chi connectivity index (χ0n) is 21.6. The third-order valence-electron chi connectivity index (χ3n) is 6.33. The lowest BCUT2D eigenvalue weighted by Gasteiger charge is -2.20. The summed E-state index contributed by atoms with van der Waals surface area (Å²) in [7, 11) is -3.87. The van der Waals surface area contributed by atoms with E-state index in [1.54, 1.807) is 31.3 Å². The van der Waals surface area contributed by atoms with Gasteiger partial charge < -0.3 is 5.11 Å².